The first-order valence-corrected chi connectivity index (χ1v) is 9.32. The summed E-state index contributed by atoms with van der Waals surface area (Å²) in [5.41, 5.74) is -11.0. The fourth-order valence-corrected chi connectivity index (χ4v) is 2.91. The second kappa shape index (κ2) is 6.44. The van der Waals surface area contributed by atoms with Crippen molar-refractivity contribution in [3.63, 3.8) is 0 Å². The molecule has 0 aromatic heterocycles. The van der Waals surface area contributed by atoms with Gasteiger partial charge in [0, 0.05) is 11.1 Å². The topological polar surface area (TPSA) is 150 Å². The van der Waals surface area contributed by atoms with Crippen molar-refractivity contribution < 1.29 is 46.3 Å². The van der Waals surface area contributed by atoms with Crippen LogP contribution in [0.5, 0.6) is 0 Å². The molecule has 0 saturated carbocycles. The predicted octanol–water partition coefficient (Wildman–Crippen LogP) is 3.46. The molecule has 0 spiro atoms. The van der Waals surface area contributed by atoms with E-state index in [1.807, 2.05) is 0 Å². The molecule has 0 radical (unpaired) electrons. The summed E-state index contributed by atoms with van der Waals surface area (Å²) in [7, 11) is -11.6. The molecule has 0 fully saturated rings. The average molecular weight is 405 g/mol. The van der Waals surface area contributed by atoms with Gasteiger partial charge in [-0.2, -0.15) is 17.6 Å². The van der Waals surface area contributed by atoms with Gasteiger partial charge in [-0.1, -0.05) is 24.3 Å². The van der Waals surface area contributed by atoms with Gasteiger partial charge in [0.1, 0.15) is 0 Å². The molecule has 0 aliphatic heterocycles. The lowest BCUT2D eigenvalue weighted by Gasteiger charge is -2.20. The molecule has 7 nitrogen and oxygen atoms in total. The maximum absolute atomic E-state index is 13.6. The monoisotopic (exact) mass is 405 g/mol. The summed E-state index contributed by atoms with van der Waals surface area (Å²) in [6, 6.07) is 4.48. The van der Waals surface area contributed by atoms with Crippen molar-refractivity contribution in [1.82, 2.24) is 6.15 Å². The molecule has 0 heterocycles. The molecule has 0 atom stereocenters. The number of alkyl halides is 4. The standard InChI is InChI=1S/C12H10F4O6P2.H3N/c13-11(14,23(17,18)19)9-3-1-7-5-10(4-2-8(7)6-9)12(15,16)24(20,21)22;/h1-6H,(H2,17,18,19)(H2,20,21,22);1H3. The summed E-state index contributed by atoms with van der Waals surface area (Å²) >= 11 is 0. The van der Waals surface area contributed by atoms with Crippen molar-refractivity contribution in [2.45, 2.75) is 11.3 Å². The molecule has 13 heteroatoms. The van der Waals surface area contributed by atoms with Gasteiger partial charge >= 0.3 is 26.5 Å². The van der Waals surface area contributed by atoms with Gasteiger partial charge in [0.2, 0.25) is 0 Å². The van der Waals surface area contributed by atoms with Crippen LogP contribution in [0.3, 0.4) is 0 Å². The smallest absolute Gasteiger partial charge is 0.344 e. The SMILES string of the molecule is N.O=P(O)(O)C(F)(F)c1ccc2cc(C(F)(F)P(=O)(O)O)ccc2c1. The van der Waals surface area contributed by atoms with E-state index in [1.165, 1.54) is 0 Å². The van der Waals surface area contributed by atoms with Crippen LogP contribution in [0, 0.1) is 0 Å². The van der Waals surface area contributed by atoms with Crippen LogP contribution in [-0.2, 0) is 20.5 Å². The van der Waals surface area contributed by atoms with E-state index < -0.39 is 37.6 Å². The number of halogens is 4. The van der Waals surface area contributed by atoms with Crippen molar-refractivity contribution in [2.24, 2.45) is 0 Å². The van der Waals surface area contributed by atoms with E-state index >= 15 is 0 Å². The van der Waals surface area contributed by atoms with Gasteiger partial charge in [-0.3, -0.25) is 9.13 Å². The van der Waals surface area contributed by atoms with E-state index in [2.05, 4.69) is 0 Å². The normalized spacial score (nSPS) is 13.6. The largest absolute Gasteiger partial charge is 0.399 e. The Hall–Kier alpha value is -1.32. The summed E-state index contributed by atoms with van der Waals surface area (Å²) < 4.78 is 76.2. The average Bonchev–Trinajstić information content (AvgIpc) is 2.43. The summed E-state index contributed by atoms with van der Waals surface area (Å²) in [6.45, 7) is 0. The van der Waals surface area contributed by atoms with Crippen molar-refractivity contribution >= 4 is 26.0 Å². The van der Waals surface area contributed by atoms with E-state index in [9.17, 15) is 26.7 Å². The lowest BCUT2D eigenvalue weighted by Crippen LogP contribution is -2.14. The molecular formula is C12H13F4NO6P2. The Balaban J connectivity index is 0.00000312. The van der Waals surface area contributed by atoms with E-state index in [0.29, 0.717) is 24.3 Å². The highest BCUT2D eigenvalue weighted by Crippen LogP contribution is 2.60. The summed E-state index contributed by atoms with van der Waals surface area (Å²) in [6.07, 6.45) is 0. The Labute approximate surface area is 138 Å². The summed E-state index contributed by atoms with van der Waals surface area (Å²) in [5.74, 6) is 0. The van der Waals surface area contributed by atoms with Gasteiger partial charge < -0.3 is 25.7 Å². The second-order valence-electron chi connectivity index (χ2n) is 4.95. The van der Waals surface area contributed by atoms with Crippen molar-refractivity contribution in [3.05, 3.63) is 47.5 Å². The highest BCUT2D eigenvalue weighted by Gasteiger charge is 2.51. The second-order valence-corrected chi connectivity index (χ2v) is 8.25. The first-order valence-electron chi connectivity index (χ1n) is 6.09. The van der Waals surface area contributed by atoms with Crippen LogP contribution in [0.4, 0.5) is 17.6 Å². The Morgan fingerprint density at radius 3 is 1.20 bits per heavy atom. The van der Waals surface area contributed by atoms with Crippen LogP contribution < -0.4 is 6.15 Å². The quantitative estimate of drug-likeness (QED) is 0.386. The van der Waals surface area contributed by atoms with E-state index in [4.69, 9.17) is 19.6 Å². The van der Waals surface area contributed by atoms with Crippen molar-refractivity contribution in [2.75, 3.05) is 0 Å². The first kappa shape index (κ1) is 21.7. The third-order valence-electron chi connectivity index (χ3n) is 3.27. The molecule has 0 bridgehead atoms. The van der Waals surface area contributed by atoms with Crippen LogP contribution in [0.25, 0.3) is 10.8 Å². The maximum Gasteiger partial charge on any atom is 0.399 e. The first-order chi connectivity index (χ1) is 10.7. The molecule has 140 valence electrons. The lowest BCUT2D eigenvalue weighted by molar-refractivity contribution is 0.0563. The van der Waals surface area contributed by atoms with Gasteiger partial charge in [-0.05, 0) is 22.9 Å². The highest BCUT2D eigenvalue weighted by atomic mass is 31.2. The summed E-state index contributed by atoms with van der Waals surface area (Å²) in [5, 5.41) is -0.128. The van der Waals surface area contributed by atoms with Crippen LogP contribution >= 0.6 is 15.2 Å². The molecule has 0 amide bonds. The fourth-order valence-electron chi connectivity index (χ4n) is 1.96. The van der Waals surface area contributed by atoms with Gasteiger partial charge in [0.05, 0.1) is 0 Å². The van der Waals surface area contributed by atoms with Crippen LogP contribution in [0.15, 0.2) is 36.4 Å². The molecule has 7 N–H and O–H groups in total. The fraction of sp³-hybridized carbons (Fsp3) is 0.167. The minimum absolute atomic E-state index is 0. The third kappa shape index (κ3) is 3.78. The molecular weight excluding hydrogens is 392 g/mol. The Morgan fingerprint density at radius 2 is 0.960 bits per heavy atom. The number of hydrogen-bond donors (Lipinski definition) is 5. The minimum atomic E-state index is -5.78. The van der Waals surface area contributed by atoms with Crippen molar-refractivity contribution in [3.8, 4) is 0 Å². The van der Waals surface area contributed by atoms with Gasteiger partial charge in [-0.15, -0.1) is 0 Å². The Kier molecular flexibility index (Phi) is 5.60. The maximum atomic E-state index is 13.6. The number of rotatable bonds is 4. The molecule has 0 unspecified atom stereocenters. The zero-order valence-corrected chi connectivity index (χ0v) is 14.0. The summed E-state index contributed by atoms with van der Waals surface area (Å²) in [4.78, 5) is 34.7. The molecule has 2 rings (SSSR count). The van der Waals surface area contributed by atoms with Gasteiger partial charge in [0.25, 0.3) is 0 Å². The van der Waals surface area contributed by atoms with Crippen LogP contribution in [0.2, 0.25) is 0 Å². The molecule has 2 aromatic rings. The number of benzene rings is 2. The Morgan fingerprint density at radius 1 is 0.680 bits per heavy atom. The van der Waals surface area contributed by atoms with E-state index in [1.54, 1.807) is 0 Å². The van der Waals surface area contributed by atoms with E-state index in [0.717, 1.165) is 12.1 Å². The molecule has 0 aliphatic rings. The molecule has 0 saturated heterocycles. The third-order valence-corrected chi connectivity index (χ3v) is 5.25. The van der Waals surface area contributed by atoms with Crippen LogP contribution in [0.1, 0.15) is 11.1 Å². The van der Waals surface area contributed by atoms with Gasteiger partial charge in [-0.25, -0.2) is 0 Å². The number of fused-ring (bicyclic) bond motifs is 1. The lowest BCUT2D eigenvalue weighted by atomic mass is 10.0. The predicted molar refractivity (Wildman–Crippen MR) is 80.8 cm³/mol. The minimum Gasteiger partial charge on any atom is -0.344 e. The molecule has 25 heavy (non-hydrogen) atoms. The zero-order valence-electron chi connectivity index (χ0n) is 12.2. The van der Waals surface area contributed by atoms with Crippen molar-refractivity contribution in [1.29, 1.82) is 0 Å². The zero-order chi connectivity index (χ0) is 18.6. The van der Waals surface area contributed by atoms with Gasteiger partial charge in [0.15, 0.2) is 0 Å². The van der Waals surface area contributed by atoms with Crippen LogP contribution in [-0.4, -0.2) is 19.6 Å². The number of hydrogen-bond acceptors (Lipinski definition) is 3. The molecule has 2 aromatic carbocycles. The van der Waals surface area contributed by atoms with E-state index in [-0.39, 0.29) is 16.9 Å². The Bertz CT molecular complexity index is 821. The highest BCUT2D eigenvalue weighted by molar-refractivity contribution is 7.52. The molecule has 0 aliphatic carbocycles.